The summed E-state index contributed by atoms with van der Waals surface area (Å²) < 4.78 is 42.5. The lowest BCUT2D eigenvalue weighted by atomic mass is 9.82. The zero-order valence-corrected chi connectivity index (χ0v) is 39.4. The third-order valence-electron chi connectivity index (χ3n) is 13.1. The molecule has 0 atom stereocenters. The number of ether oxygens (including phenoxy) is 1. The minimum atomic E-state index is -0.316. The number of hydrogen-bond acceptors (Lipinski definition) is 2. The van der Waals surface area contributed by atoms with E-state index in [2.05, 4.69) is 164 Å². The minimum Gasteiger partial charge on any atom is -0.457 e. The summed E-state index contributed by atoms with van der Waals surface area (Å²) in [6, 6.07) is 65.2. The molecular formula is C62H50F2N4O+2. The van der Waals surface area contributed by atoms with Crippen LogP contribution in [0.1, 0.15) is 52.7 Å². The first kappa shape index (κ1) is 43.3. The lowest BCUT2D eigenvalue weighted by Gasteiger charge is -2.22. The first-order valence-electron chi connectivity index (χ1n) is 23.3. The van der Waals surface area contributed by atoms with E-state index in [1.807, 2.05) is 66.9 Å². The Morgan fingerprint density at radius 2 is 1.07 bits per heavy atom. The average Bonchev–Trinajstić information content (AvgIpc) is 3.90. The largest absolute Gasteiger partial charge is 0.503 e. The van der Waals surface area contributed by atoms with Crippen LogP contribution in [0.15, 0.2) is 194 Å². The molecule has 0 fully saturated rings. The van der Waals surface area contributed by atoms with Gasteiger partial charge >= 0.3 is 6.01 Å². The highest BCUT2D eigenvalue weighted by Crippen LogP contribution is 2.47. The SMILES string of the molecule is CC(C)(C)c1ccnc(-n2c3ccccc3c3ccc(Oc4cc(-c5ccccc5)cc([N+]5=C=[N+](c6c(-c7ccc(F)cc7)cc(C(C)(C)C)cc6-c6ccc(F)cc6)c6ccccc65)c4)cc32)c1. The van der Waals surface area contributed by atoms with E-state index in [1.54, 1.807) is 0 Å². The normalized spacial score (nSPS) is 12.6. The summed E-state index contributed by atoms with van der Waals surface area (Å²) in [7, 11) is 0. The fourth-order valence-electron chi connectivity index (χ4n) is 9.40. The van der Waals surface area contributed by atoms with E-state index in [4.69, 9.17) is 9.72 Å². The van der Waals surface area contributed by atoms with Gasteiger partial charge in [0.15, 0.2) is 0 Å². The van der Waals surface area contributed by atoms with Crippen LogP contribution in [0, 0.1) is 11.6 Å². The van der Waals surface area contributed by atoms with Crippen molar-refractivity contribution in [2.75, 3.05) is 0 Å². The number of hydrogen-bond donors (Lipinski definition) is 0. The van der Waals surface area contributed by atoms with Crippen LogP contribution >= 0.6 is 0 Å². The molecule has 0 radical (unpaired) electrons. The van der Waals surface area contributed by atoms with Gasteiger partial charge in [-0.05, 0) is 126 Å². The molecule has 7 heteroatoms. The molecule has 8 aromatic carbocycles. The van der Waals surface area contributed by atoms with Gasteiger partial charge in [-0.3, -0.25) is 4.57 Å². The van der Waals surface area contributed by atoms with Crippen molar-refractivity contribution in [1.29, 1.82) is 0 Å². The zero-order chi connectivity index (χ0) is 47.6. The predicted octanol–water partition coefficient (Wildman–Crippen LogP) is 16.7. The van der Waals surface area contributed by atoms with E-state index in [9.17, 15) is 8.78 Å². The quantitative estimate of drug-likeness (QED) is 0.142. The Morgan fingerprint density at radius 3 is 1.72 bits per heavy atom. The van der Waals surface area contributed by atoms with E-state index in [-0.39, 0.29) is 22.5 Å². The smallest absolute Gasteiger partial charge is 0.457 e. The van der Waals surface area contributed by atoms with Gasteiger partial charge in [0.25, 0.3) is 11.4 Å². The van der Waals surface area contributed by atoms with Crippen molar-refractivity contribution in [2.24, 2.45) is 0 Å². The monoisotopic (exact) mass is 904 g/mol. The van der Waals surface area contributed by atoms with Crippen LogP contribution in [0.5, 0.6) is 11.5 Å². The van der Waals surface area contributed by atoms with Crippen LogP contribution < -0.4 is 13.9 Å². The molecule has 0 aliphatic carbocycles. The number of pyridine rings is 1. The molecule has 0 spiro atoms. The third-order valence-corrected chi connectivity index (χ3v) is 13.1. The lowest BCUT2D eigenvalue weighted by molar-refractivity contribution is 0.483. The highest BCUT2D eigenvalue weighted by atomic mass is 19.1. The Morgan fingerprint density at radius 1 is 0.478 bits per heavy atom. The fourth-order valence-corrected chi connectivity index (χ4v) is 9.40. The van der Waals surface area contributed by atoms with Crippen LogP contribution in [-0.4, -0.2) is 15.6 Å². The highest BCUT2D eigenvalue weighted by molar-refractivity contribution is 6.09. The number of fused-ring (bicyclic) bond motifs is 4. The molecule has 69 heavy (non-hydrogen) atoms. The molecule has 3 heterocycles. The van der Waals surface area contributed by atoms with Gasteiger partial charge in [0.2, 0.25) is 11.4 Å². The van der Waals surface area contributed by atoms with Gasteiger partial charge in [0, 0.05) is 41.2 Å². The molecule has 1 aliphatic heterocycles. The number of halogens is 2. The number of aromatic nitrogens is 2. The highest BCUT2D eigenvalue weighted by Gasteiger charge is 2.40. The summed E-state index contributed by atoms with van der Waals surface area (Å²) in [5.41, 5.74) is 13.0. The molecule has 5 nitrogen and oxygen atoms in total. The van der Waals surface area contributed by atoms with Crippen LogP contribution in [0.25, 0.3) is 61.0 Å². The van der Waals surface area contributed by atoms with Crippen molar-refractivity contribution in [2.45, 2.75) is 52.4 Å². The zero-order valence-electron chi connectivity index (χ0n) is 39.4. The summed E-state index contributed by atoms with van der Waals surface area (Å²) in [5, 5.41) is 2.24. The molecule has 336 valence electrons. The average molecular weight is 905 g/mol. The van der Waals surface area contributed by atoms with Crippen molar-refractivity contribution in [3.05, 3.63) is 217 Å². The molecule has 1 aliphatic rings. The summed E-state index contributed by atoms with van der Waals surface area (Å²) in [6.45, 7) is 13.2. The molecule has 0 N–H and O–H groups in total. The fraction of sp³-hybridized carbons (Fsp3) is 0.129. The number of rotatable bonds is 8. The third kappa shape index (κ3) is 8.11. The van der Waals surface area contributed by atoms with Crippen molar-refractivity contribution in [3.8, 4) is 50.7 Å². The van der Waals surface area contributed by atoms with Gasteiger partial charge in [-0.2, -0.15) is 0 Å². The molecule has 11 rings (SSSR count). The Kier molecular flexibility index (Phi) is 10.6. The Bertz CT molecular complexity index is 3630. The van der Waals surface area contributed by atoms with Crippen LogP contribution in [0.3, 0.4) is 0 Å². The summed E-state index contributed by atoms with van der Waals surface area (Å²) in [6.07, 6.45) is 1.90. The molecule has 0 saturated heterocycles. The topological polar surface area (TPSA) is 33.1 Å². The second-order valence-corrected chi connectivity index (χ2v) is 19.8. The minimum absolute atomic E-state index is 0.0550. The second kappa shape index (κ2) is 16.8. The van der Waals surface area contributed by atoms with Gasteiger partial charge in [-0.1, -0.05) is 126 Å². The van der Waals surface area contributed by atoms with E-state index >= 15 is 0 Å². The van der Waals surface area contributed by atoms with Gasteiger partial charge in [-0.15, -0.1) is 0 Å². The lowest BCUT2D eigenvalue weighted by Crippen LogP contribution is -2.13. The van der Waals surface area contributed by atoms with Gasteiger partial charge in [-0.25, -0.2) is 13.8 Å². The Hall–Kier alpha value is -8.25. The number of para-hydroxylation sites is 3. The number of nitrogens with zero attached hydrogens (tertiary/aromatic N) is 4. The predicted molar refractivity (Wildman–Crippen MR) is 280 cm³/mol. The second-order valence-electron chi connectivity index (χ2n) is 19.8. The number of benzene rings is 8. The Labute approximate surface area is 401 Å². The first-order chi connectivity index (χ1) is 33.3. The van der Waals surface area contributed by atoms with Crippen LogP contribution in [0.4, 0.5) is 31.5 Å². The molecule has 10 aromatic rings. The Balaban J connectivity index is 1.12. The first-order valence-corrected chi connectivity index (χ1v) is 23.3. The van der Waals surface area contributed by atoms with E-state index in [1.165, 1.54) is 29.8 Å². The van der Waals surface area contributed by atoms with Gasteiger partial charge < -0.3 is 4.74 Å². The molecule has 0 unspecified atom stereocenters. The molecular weight excluding hydrogens is 855 g/mol. The molecule has 0 bridgehead atoms. The molecule has 2 aromatic heterocycles. The molecule has 0 amide bonds. The summed E-state index contributed by atoms with van der Waals surface area (Å²) in [5.74, 6) is 1.54. The van der Waals surface area contributed by atoms with E-state index in [0.717, 1.165) is 89.3 Å². The van der Waals surface area contributed by atoms with Crippen LogP contribution in [0.2, 0.25) is 0 Å². The van der Waals surface area contributed by atoms with Crippen molar-refractivity contribution >= 4 is 50.6 Å². The maximum absolute atomic E-state index is 14.6. The summed E-state index contributed by atoms with van der Waals surface area (Å²) in [4.78, 5) is 4.90. The van der Waals surface area contributed by atoms with Crippen molar-refractivity contribution < 1.29 is 13.5 Å². The van der Waals surface area contributed by atoms with Gasteiger partial charge in [0.1, 0.15) is 29.0 Å². The van der Waals surface area contributed by atoms with E-state index in [0.29, 0.717) is 11.5 Å². The maximum atomic E-state index is 14.6. The van der Waals surface area contributed by atoms with E-state index < -0.39 is 0 Å². The summed E-state index contributed by atoms with van der Waals surface area (Å²) >= 11 is 0. The van der Waals surface area contributed by atoms with Crippen LogP contribution in [-0.2, 0) is 10.8 Å². The van der Waals surface area contributed by atoms with Gasteiger partial charge in [0.05, 0.1) is 28.2 Å². The molecule has 0 saturated carbocycles. The van der Waals surface area contributed by atoms with Crippen molar-refractivity contribution in [1.82, 2.24) is 18.7 Å². The standard InChI is InChI=1S/C62H50F2N4O/c1-61(2,3)44-30-31-65-59(36-44)68-55-17-11-10-16-51(55)52-29-28-49(38-58(52)68)69-50-33-43(40-14-8-7-9-15-40)32-48(37-50)66-39-67(57-19-13-12-18-56(57)66)60-53(41-20-24-46(63)25-21-41)34-45(62(4,5)6)35-54(60)42-22-26-47(64)27-23-42/h7-38H,1-6H3/q+2. The van der Waals surface area contributed by atoms with Crippen molar-refractivity contribution in [3.63, 3.8) is 0 Å². The maximum Gasteiger partial charge on any atom is 0.503 e.